The average Bonchev–Trinajstić information content (AvgIpc) is 2.33. The van der Waals surface area contributed by atoms with Crippen LogP contribution in [0.2, 0.25) is 0 Å². The van der Waals surface area contributed by atoms with E-state index in [4.69, 9.17) is 5.73 Å². The molecule has 0 spiro atoms. The van der Waals surface area contributed by atoms with Crippen molar-refractivity contribution in [2.24, 2.45) is 5.73 Å². The molecule has 0 heterocycles. The predicted octanol–water partition coefficient (Wildman–Crippen LogP) is 3.01. The van der Waals surface area contributed by atoms with Gasteiger partial charge in [0.05, 0.1) is 0 Å². The van der Waals surface area contributed by atoms with Crippen molar-refractivity contribution in [3.05, 3.63) is 34.9 Å². The van der Waals surface area contributed by atoms with Crippen LogP contribution in [-0.4, -0.2) is 24.0 Å². The number of rotatable bonds is 3. The highest BCUT2D eigenvalue weighted by Gasteiger charge is 2.25. The maximum Gasteiger partial charge on any atom is 0.0247 e. The number of hydrogen-bond donors (Lipinski definition) is 1. The van der Waals surface area contributed by atoms with Crippen LogP contribution >= 0.6 is 0 Å². The molecule has 0 aliphatic heterocycles. The van der Waals surface area contributed by atoms with Gasteiger partial charge in [0.2, 0.25) is 0 Å². The number of benzene rings is 1. The van der Waals surface area contributed by atoms with E-state index in [0.717, 1.165) is 6.54 Å². The Bertz CT molecular complexity index is 400. The summed E-state index contributed by atoms with van der Waals surface area (Å²) in [6, 6.07) is 7.64. The SMILES string of the molecule is Cc1ccc(CN(C)C2CCCCC2N)c(C)c1. The van der Waals surface area contributed by atoms with Gasteiger partial charge in [0.25, 0.3) is 0 Å². The monoisotopic (exact) mass is 246 g/mol. The van der Waals surface area contributed by atoms with E-state index in [0.29, 0.717) is 12.1 Å². The van der Waals surface area contributed by atoms with E-state index in [1.54, 1.807) is 0 Å². The molecular weight excluding hydrogens is 220 g/mol. The number of likely N-dealkylation sites (N-methyl/N-ethyl adjacent to an activating group) is 1. The minimum Gasteiger partial charge on any atom is -0.326 e. The lowest BCUT2D eigenvalue weighted by molar-refractivity contribution is 0.162. The average molecular weight is 246 g/mol. The summed E-state index contributed by atoms with van der Waals surface area (Å²) in [6.45, 7) is 5.37. The number of hydrogen-bond acceptors (Lipinski definition) is 2. The molecule has 1 aromatic carbocycles. The summed E-state index contributed by atoms with van der Waals surface area (Å²) in [7, 11) is 2.22. The Hall–Kier alpha value is -0.860. The third kappa shape index (κ3) is 3.12. The molecule has 2 N–H and O–H groups in total. The largest absolute Gasteiger partial charge is 0.326 e. The van der Waals surface area contributed by atoms with Crippen molar-refractivity contribution in [2.45, 2.75) is 58.2 Å². The lowest BCUT2D eigenvalue weighted by Gasteiger charge is -2.36. The van der Waals surface area contributed by atoms with Crippen LogP contribution < -0.4 is 5.73 Å². The zero-order valence-corrected chi connectivity index (χ0v) is 11.9. The second-order valence-electron chi connectivity index (χ2n) is 5.86. The number of aryl methyl sites for hydroxylation is 2. The smallest absolute Gasteiger partial charge is 0.0247 e. The Morgan fingerprint density at radius 2 is 1.94 bits per heavy atom. The normalized spacial score (nSPS) is 24.5. The third-order valence-electron chi connectivity index (χ3n) is 4.27. The van der Waals surface area contributed by atoms with Crippen molar-refractivity contribution in [3.63, 3.8) is 0 Å². The first-order valence-electron chi connectivity index (χ1n) is 7.10. The second kappa shape index (κ2) is 5.85. The molecule has 18 heavy (non-hydrogen) atoms. The Morgan fingerprint density at radius 1 is 1.22 bits per heavy atom. The van der Waals surface area contributed by atoms with Crippen molar-refractivity contribution >= 4 is 0 Å². The van der Waals surface area contributed by atoms with Crippen LogP contribution in [0.3, 0.4) is 0 Å². The summed E-state index contributed by atoms with van der Waals surface area (Å²) in [4.78, 5) is 2.45. The van der Waals surface area contributed by atoms with Gasteiger partial charge in [-0.15, -0.1) is 0 Å². The number of nitrogens with zero attached hydrogens (tertiary/aromatic N) is 1. The molecule has 0 amide bonds. The molecule has 0 aromatic heterocycles. The predicted molar refractivity (Wildman–Crippen MR) is 77.6 cm³/mol. The van der Waals surface area contributed by atoms with Crippen LogP contribution in [0.25, 0.3) is 0 Å². The van der Waals surface area contributed by atoms with E-state index in [9.17, 15) is 0 Å². The minimum absolute atomic E-state index is 0.356. The van der Waals surface area contributed by atoms with Crippen LogP contribution in [0.5, 0.6) is 0 Å². The maximum absolute atomic E-state index is 6.25. The van der Waals surface area contributed by atoms with Gasteiger partial charge in [0, 0.05) is 18.6 Å². The van der Waals surface area contributed by atoms with Crippen LogP contribution in [0.1, 0.15) is 42.4 Å². The van der Waals surface area contributed by atoms with E-state index in [-0.39, 0.29) is 0 Å². The van der Waals surface area contributed by atoms with Gasteiger partial charge in [-0.1, -0.05) is 36.6 Å². The van der Waals surface area contributed by atoms with Crippen LogP contribution in [0.4, 0.5) is 0 Å². The summed E-state index contributed by atoms with van der Waals surface area (Å²) < 4.78 is 0. The zero-order chi connectivity index (χ0) is 13.1. The van der Waals surface area contributed by atoms with Gasteiger partial charge in [-0.05, 0) is 44.9 Å². The molecule has 0 saturated heterocycles. The summed E-state index contributed by atoms with van der Waals surface area (Å²) in [5.41, 5.74) is 10.4. The van der Waals surface area contributed by atoms with Gasteiger partial charge in [-0.2, -0.15) is 0 Å². The highest BCUT2D eigenvalue weighted by molar-refractivity contribution is 5.30. The van der Waals surface area contributed by atoms with E-state index in [1.807, 2.05) is 0 Å². The topological polar surface area (TPSA) is 29.3 Å². The standard InChI is InChI=1S/C16H26N2/c1-12-8-9-14(13(2)10-12)11-18(3)16-7-5-4-6-15(16)17/h8-10,15-16H,4-7,11,17H2,1-3H3. The molecule has 1 aliphatic carbocycles. The molecule has 2 rings (SSSR count). The summed E-state index contributed by atoms with van der Waals surface area (Å²) >= 11 is 0. The van der Waals surface area contributed by atoms with Crippen molar-refractivity contribution in [2.75, 3.05) is 7.05 Å². The Morgan fingerprint density at radius 3 is 2.61 bits per heavy atom. The van der Waals surface area contributed by atoms with Crippen LogP contribution in [0.15, 0.2) is 18.2 Å². The molecular formula is C16H26N2. The zero-order valence-electron chi connectivity index (χ0n) is 11.9. The van der Waals surface area contributed by atoms with Gasteiger partial charge < -0.3 is 5.73 Å². The quantitative estimate of drug-likeness (QED) is 0.888. The molecule has 0 bridgehead atoms. The van der Waals surface area contributed by atoms with Gasteiger partial charge in [-0.3, -0.25) is 4.90 Å². The molecule has 1 fully saturated rings. The summed E-state index contributed by atoms with van der Waals surface area (Å²) in [5.74, 6) is 0. The molecule has 1 aliphatic rings. The fourth-order valence-corrected chi connectivity index (χ4v) is 3.10. The van der Waals surface area contributed by atoms with Crippen LogP contribution in [-0.2, 0) is 6.54 Å². The molecule has 1 aromatic rings. The molecule has 1 saturated carbocycles. The first-order chi connectivity index (χ1) is 8.58. The fourth-order valence-electron chi connectivity index (χ4n) is 3.10. The first kappa shape index (κ1) is 13.6. The lowest BCUT2D eigenvalue weighted by atomic mass is 9.89. The molecule has 2 atom stereocenters. The third-order valence-corrected chi connectivity index (χ3v) is 4.27. The van der Waals surface area contributed by atoms with Crippen molar-refractivity contribution in [1.29, 1.82) is 0 Å². The molecule has 2 nitrogen and oxygen atoms in total. The Kier molecular flexibility index (Phi) is 4.41. The van der Waals surface area contributed by atoms with Crippen molar-refractivity contribution in [3.8, 4) is 0 Å². The van der Waals surface area contributed by atoms with E-state index >= 15 is 0 Å². The Balaban J connectivity index is 2.03. The first-order valence-corrected chi connectivity index (χ1v) is 7.10. The van der Waals surface area contributed by atoms with Crippen molar-refractivity contribution < 1.29 is 0 Å². The fraction of sp³-hybridized carbons (Fsp3) is 0.625. The van der Waals surface area contributed by atoms with E-state index in [1.165, 1.54) is 42.4 Å². The maximum atomic E-state index is 6.25. The molecule has 0 radical (unpaired) electrons. The highest BCUT2D eigenvalue weighted by Crippen LogP contribution is 2.23. The second-order valence-corrected chi connectivity index (χ2v) is 5.86. The van der Waals surface area contributed by atoms with Gasteiger partial charge in [0.1, 0.15) is 0 Å². The van der Waals surface area contributed by atoms with E-state index in [2.05, 4.69) is 44.0 Å². The van der Waals surface area contributed by atoms with Crippen LogP contribution in [0, 0.1) is 13.8 Å². The summed E-state index contributed by atoms with van der Waals surface area (Å²) in [6.07, 6.45) is 5.06. The molecule has 2 unspecified atom stereocenters. The molecule has 100 valence electrons. The number of nitrogens with two attached hydrogens (primary N) is 1. The Labute approximate surface area is 111 Å². The van der Waals surface area contributed by atoms with Gasteiger partial charge in [0.15, 0.2) is 0 Å². The molecule has 2 heteroatoms. The summed E-state index contributed by atoms with van der Waals surface area (Å²) in [5, 5.41) is 0. The minimum atomic E-state index is 0.356. The van der Waals surface area contributed by atoms with E-state index < -0.39 is 0 Å². The van der Waals surface area contributed by atoms with Gasteiger partial charge in [-0.25, -0.2) is 0 Å². The lowest BCUT2D eigenvalue weighted by Crippen LogP contribution is -2.47. The van der Waals surface area contributed by atoms with Crippen molar-refractivity contribution in [1.82, 2.24) is 4.90 Å². The highest BCUT2D eigenvalue weighted by atomic mass is 15.1. The van der Waals surface area contributed by atoms with Gasteiger partial charge >= 0.3 is 0 Å².